The van der Waals surface area contributed by atoms with E-state index in [-0.39, 0.29) is 12.5 Å². The number of benzene rings is 3. The van der Waals surface area contributed by atoms with Gasteiger partial charge in [-0.15, -0.1) is 0 Å². The van der Waals surface area contributed by atoms with Gasteiger partial charge in [0.25, 0.3) is 0 Å². The molecule has 0 atom stereocenters. The molecule has 0 saturated carbocycles. The molecule has 24 heavy (non-hydrogen) atoms. The highest BCUT2D eigenvalue weighted by Crippen LogP contribution is 2.19. The van der Waals surface area contributed by atoms with Gasteiger partial charge < -0.3 is 15.4 Å². The minimum absolute atomic E-state index is 0.0907. The highest BCUT2D eigenvalue weighted by Gasteiger charge is 2.04. The molecular formula is C20H20N2O2. The Morgan fingerprint density at radius 1 is 0.917 bits per heavy atom. The first kappa shape index (κ1) is 15.9. The molecule has 4 nitrogen and oxygen atoms in total. The molecule has 122 valence electrons. The van der Waals surface area contributed by atoms with Crippen LogP contribution in [0.2, 0.25) is 0 Å². The van der Waals surface area contributed by atoms with Gasteiger partial charge in [0.15, 0.2) is 0 Å². The van der Waals surface area contributed by atoms with Gasteiger partial charge in [0.2, 0.25) is 5.91 Å². The molecule has 1 amide bonds. The molecule has 0 fully saturated rings. The van der Waals surface area contributed by atoms with Crippen molar-refractivity contribution in [1.29, 1.82) is 0 Å². The lowest BCUT2D eigenvalue weighted by Gasteiger charge is -2.10. The molecule has 0 aromatic heterocycles. The second-order valence-electron chi connectivity index (χ2n) is 5.42. The van der Waals surface area contributed by atoms with E-state index in [1.54, 1.807) is 0 Å². The standard InChI is InChI=1S/C20H20N2O2/c1-2-24-19-9-5-8-17(13-19)21-14-20(23)22-18-11-10-15-6-3-4-7-16(15)12-18/h3-13,21H,2,14H2,1H3,(H,22,23). The van der Waals surface area contributed by atoms with Crippen molar-refractivity contribution in [3.63, 3.8) is 0 Å². The third kappa shape index (κ3) is 4.04. The van der Waals surface area contributed by atoms with Crippen LogP contribution in [0.15, 0.2) is 66.7 Å². The van der Waals surface area contributed by atoms with Crippen LogP contribution in [0, 0.1) is 0 Å². The fourth-order valence-corrected chi connectivity index (χ4v) is 2.52. The number of ether oxygens (including phenoxy) is 1. The Balaban J connectivity index is 1.59. The van der Waals surface area contributed by atoms with E-state index in [1.165, 1.54) is 0 Å². The van der Waals surface area contributed by atoms with Crippen LogP contribution in [-0.2, 0) is 4.79 Å². The van der Waals surface area contributed by atoms with Crippen LogP contribution in [0.4, 0.5) is 11.4 Å². The molecule has 0 unspecified atom stereocenters. The Morgan fingerprint density at radius 3 is 2.58 bits per heavy atom. The number of anilines is 2. The van der Waals surface area contributed by atoms with E-state index >= 15 is 0 Å². The third-order valence-electron chi connectivity index (χ3n) is 3.63. The predicted molar refractivity (Wildman–Crippen MR) is 98.7 cm³/mol. The summed E-state index contributed by atoms with van der Waals surface area (Å²) >= 11 is 0. The molecule has 0 aliphatic rings. The Bertz CT molecular complexity index is 846. The van der Waals surface area contributed by atoms with Gasteiger partial charge in [-0.1, -0.05) is 36.4 Å². The molecule has 0 heterocycles. The lowest BCUT2D eigenvalue weighted by atomic mass is 10.1. The van der Waals surface area contributed by atoms with Crippen LogP contribution in [0.3, 0.4) is 0 Å². The molecule has 0 saturated heterocycles. The van der Waals surface area contributed by atoms with Gasteiger partial charge in [-0.25, -0.2) is 0 Å². The summed E-state index contributed by atoms with van der Waals surface area (Å²) in [4.78, 5) is 12.1. The number of carbonyl (C=O) groups excluding carboxylic acids is 1. The maximum absolute atomic E-state index is 12.1. The molecule has 0 spiro atoms. The second-order valence-corrected chi connectivity index (χ2v) is 5.42. The van der Waals surface area contributed by atoms with Crippen molar-refractivity contribution < 1.29 is 9.53 Å². The van der Waals surface area contributed by atoms with Crippen LogP contribution < -0.4 is 15.4 Å². The number of carbonyl (C=O) groups is 1. The van der Waals surface area contributed by atoms with Gasteiger partial charge in [0.1, 0.15) is 5.75 Å². The van der Waals surface area contributed by atoms with Crippen LogP contribution in [0.5, 0.6) is 5.75 Å². The van der Waals surface area contributed by atoms with Crippen molar-refractivity contribution in [1.82, 2.24) is 0 Å². The SMILES string of the molecule is CCOc1cccc(NCC(=O)Nc2ccc3ccccc3c2)c1. The predicted octanol–water partition coefficient (Wildman–Crippen LogP) is 4.29. The second kappa shape index (κ2) is 7.51. The fraction of sp³-hybridized carbons (Fsp3) is 0.150. The van der Waals surface area contributed by atoms with Crippen LogP contribution in [0.25, 0.3) is 10.8 Å². The lowest BCUT2D eigenvalue weighted by molar-refractivity contribution is -0.114. The number of nitrogens with one attached hydrogen (secondary N) is 2. The van der Waals surface area contributed by atoms with Crippen molar-refractivity contribution in [2.75, 3.05) is 23.8 Å². The number of fused-ring (bicyclic) bond motifs is 1. The average molecular weight is 320 g/mol. The van der Waals surface area contributed by atoms with Crippen molar-refractivity contribution in [3.05, 3.63) is 66.7 Å². The summed E-state index contributed by atoms with van der Waals surface area (Å²) in [6, 6.07) is 21.5. The third-order valence-corrected chi connectivity index (χ3v) is 3.63. The molecule has 0 aliphatic heterocycles. The van der Waals surface area contributed by atoms with Crippen LogP contribution in [0.1, 0.15) is 6.92 Å². The molecule has 0 aliphatic carbocycles. The number of hydrogen-bond donors (Lipinski definition) is 2. The normalized spacial score (nSPS) is 10.4. The first-order valence-electron chi connectivity index (χ1n) is 8.00. The highest BCUT2D eigenvalue weighted by atomic mass is 16.5. The summed E-state index contributed by atoms with van der Waals surface area (Å²) in [5, 5.41) is 8.28. The molecular weight excluding hydrogens is 300 g/mol. The zero-order valence-corrected chi connectivity index (χ0v) is 13.6. The Labute approximate surface area is 141 Å². The van der Waals surface area contributed by atoms with Gasteiger partial charge in [0.05, 0.1) is 13.2 Å². The molecule has 2 N–H and O–H groups in total. The first-order valence-corrected chi connectivity index (χ1v) is 8.00. The largest absolute Gasteiger partial charge is 0.494 e. The fourth-order valence-electron chi connectivity index (χ4n) is 2.52. The Kier molecular flexibility index (Phi) is 4.96. The quantitative estimate of drug-likeness (QED) is 0.712. The summed E-state index contributed by atoms with van der Waals surface area (Å²) < 4.78 is 5.45. The molecule has 4 heteroatoms. The van der Waals surface area contributed by atoms with E-state index in [1.807, 2.05) is 73.7 Å². The van der Waals surface area contributed by atoms with Crippen molar-refractivity contribution in [2.45, 2.75) is 6.92 Å². The summed E-state index contributed by atoms with van der Waals surface area (Å²) in [7, 11) is 0. The van der Waals surface area contributed by atoms with Crippen LogP contribution >= 0.6 is 0 Å². The Morgan fingerprint density at radius 2 is 1.75 bits per heavy atom. The summed E-state index contributed by atoms with van der Waals surface area (Å²) in [6.07, 6.45) is 0. The van der Waals surface area contributed by atoms with E-state index in [4.69, 9.17) is 4.74 Å². The van der Waals surface area contributed by atoms with E-state index in [0.717, 1.165) is 27.9 Å². The molecule has 0 radical (unpaired) electrons. The minimum Gasteiger partial charge on any atom is -0.494 e. The van der Waals surface area contributed by atoms with Gasteiger partial charge >= 0.3 is 0 Å². The molecule has 0 bridgehead atoms. The maximum Gasteiger partial charge on any atom is 0.243 e. The minimum atomic E-state index is -0.0907. The topological polar surface area (TPSA) is 50.4 Å². The smallest absolute Gasteiger partial charge is 0.243 e. The monoisotopic (exact) mass is 320 g/mol. The summed E-state index contributed by atoms with van der Waals surface area (Å²) in [6.45, 7) is 2.76. The van der Waals surface area contributed by atoms with Gasteiger partial charge in [-0.3, -0.25) is 4.79 Å². The van der Waals surface area contributed by atoms with Gasteiger partial charge in [-0.05, 0) is 42.0 Å². The first-order chi connectivity index (χ1) is 11.7. The maximum atomic E-state index is 12.1. The molecule has 3 aromatic rings. The summed E-state index contributed by atoms with van der Waals surface area (Å²) in [5.41, 5.74) is 1.65. The Hall–Kier alpha value is -3.01. The molecule has 3 rings (SSSR count). The van der Waals surface area contributed by atoms with E-state index in [0.29, 0.717) is 6.61 Å². The summed E-state index contributed by atoms with van der Waals surface area (Å²) in [5.74, 6) is 0.699. The molecule has 3 aromatic carbocycles. The zero-order chi connectivity index (χ0) is 16.8. The van der Waals surface area contributed by atoms with E-state index < -0.39 is 0 Å². The number of amides is 1. The highest BCUT2D eigenvalue weighted by molar-refractivity contribution is 5.96. The van der Waals surface area contributed by atoms with E-state index in [9.17, 15) is 4.79 Å². The van der Waals surface area contributed by atoms with Gasteiger partial charge in [0, 0.05) is 17.4 Å². The van der Waals surface area contributed by atoms with Crippen LogP contribution in [-0.4, -0.2) is 19.1 Å². The average Bonchev–Trinajstić information content (AvgIpc) is 2.61. The van der Waals surface area contributed by atoms with Crippen molar-refractivity contribution in [2.24, 2.45) is 0 Å². The number of hydrogen-bond acceptors (Lipinski definition) is 3. The lowest BCUT2D eigenvalue weighted by Crippen LogP contribution is -2.21. The van der Waals surface area contributed by atoms with Crippen molar-refractivity contribution >= 4 is 28.1 Å². The van der Waals surface area contributed by atoms with E-state index in [2.05, 4.69) is 10.6 Å². The number of rotatable bonds is 6. The zero-order valence-electron chi connectivity index (χ0n) is 13.6. The van der Waals surface area contributed by atoms with Gasteiger partial charge in [-0.2, -0.15) is 0 Å². The van der Waals surface area contributed by atoms with Crippen molar-refractivity contribution in [3.8, 4) is 5.75 Å².